The molecular weight excluding hydrogens is 312 g/mol. The average molecular weight is 331 g/mol. The molecular formula is C18H19ClN2O2. The Morgan fingerprint density at radius 1 is 1.22 bits per heavy atom. The lowest BCUT2D eigenvalue weighted by Crippen LogP contribution is -2.27. The van der Waals surface area contributed by atoms with Crippen molar-refractivity contribution in [2.75, 3.05) is 0 Å². The predicted octanol–water partition coefficient (Wildman–Crippen LogP) is 3.40. The van der Waals surface area contributed by atoms with Gasteiger partial charge in [-0.05, 0) is 55.4 Å². The molecule has 2 N–H and O–H groups in total. The van der Waals surface area contributed by atoms with Crippen molar-refractivity contribution in [3.8, 4) is 0 Å². The van der Waals surface area contributed by atoms with Crippen LogP contribution in [-0.2, 0) is 12.8 Å². The number of carbonyl (C=O) groups is 1. The predicted molar refractivity (Wildman–Crippen MR) is 91.0 cm³/mol. The van der Waals surface area contributed by atoms with E-state index in [1.54, 1.807) is 0 Å². The fourth-order valence-corrected chi connectivity index (χ4v) is 3.15. The Labute approximate surface area is 139 Å². The van der Waals surface area contributed by atoms with Gasteiger partial charge in [0.1, 0.15) is 5.02 Å². The lowest BCUT2D eigenvalue weighted by Gasteiger charge is -2.20. The summed E-state index contributed by atoms with van der Waals surface area (Å²) >= 11 is 5.77. The van der Waals surface area contributed by atoms with Crippen molar-refractivity contribution in [2.24, 2.45) is 0 Å². The Kier molecular flexibility index (Phi) is 4.53. The Bertz CT molecular complexity index is 798. The largest absolute Gasteiger partial charge is 0.345 e. The van der Waals surface area contributed by atoms with Crippen LogP contribution in [0.25, 0.3) is 0 Å². The number of rotatable bonds is 3. The van der Waals surface area contributed by atoms with E-state index in [1.165, 1.54) is 36.2 Å². The quantitative estimate of drug-likeness (QED) is 0.906. The highest BCUT2D eigenvalue weighted by molar-refractivity contribution is 6.30. The number of aromatic nitrogens is 1. The average Bonchev–Trinajstić information content (AvgIpc) is 2.56. The number of H-pyrrole nitrogens is 1. The zero-order chi connectivity index (χ0) is 16.4. The molecule has 0 saturated heterocycles. The first-order valence-corrected chi connectivity index (χ1v) is 8.23. The number of aryl methyl sites for hydroxylation is 2. The monoisotopic (exact) mass is 330 g/mol. The standard InChI is InChI=1S/C18H19ClN2O2/c1-11(13-7-6-12-4-2-3-5-14(12)8-13)21-17(22)15-9-16(19)18(23)20-10-15/h6-11H,2-5H2,1H3,(H,20,23)(H,21,22). The molecule has 3 rings (SSSR count). The maximum atomic E-state index is 12.3. The van der Waals surface area contributed by atoms with Crippen LogP contribution in [0.5, 0.6) is 0 Å². The Hall–Kier alpha value is -2.07. The van der Waals surface area contributed by atoms with Gasteiger partial charge in [-0.1, -0.05) is 29.8 Å². The molecule has 1 aromatic carbocycles. The van der Waals surface area contributed by atoms with E-state index in [1.807, 2.05) is 6.92 Å². The highest BCUT2D eigenvalue weighted by atomic mass is 35.5. The molecule has 120 valence electrons. The minimum Gasteiger partial charge on any atom is -0.345 e. The fraction of sp³-hybridized carbons (Fsp3) is 0.333. The normalized spacial score (nSPS) is 14.9. The number of amides is 1. The molecule has 0 aliphatic heterocycles. The van der Waals surface area contributed by atoms with Gasteiger partial charge in [0.15, 0.2) is 0 Å². The van der Waals surface area contributed by atoms with Gasteiger partial charge in [-0.25, -0.2) is 0 Å². The first-order valence-electron chi connectivity index (χ1n) is 7.85. The lowest BCUT2D eigenvalue weighted by atomic mass is 9.89. The number of halogens is 1. The van der Waals surface area contributed by atoms with Crippen molar-refractivity contribution >= 4 is 17.5 Å². The van der Waals surface area contributed by atoms with Gasteiger partial charge in [0.25, 0.3) is 11.5 Å². The molecule has 1 amide bonds. The van der Waals surface area contributed by atoms with E-state index in [0.717, 1.165) is 18.4 Å². The summed E-state index contributed by atoms with van der Waals surface area (Å²) < 4.78 is 0. The third-order valence-electron chi connectivity index (χ3n) is 4.34. The maximum Gasteiger partial charge on any atom is 0.266 e. The minimum atomic E-state index is -0.397. The van der Waals surface area contributed by atoms with Crippen LogP contribution >= 0.6 is 11.6 Å². The van der Waals surface area contributed by atoms with E-state index in [2.05, 4.69) is 28.5 Å². The Morgan fingerprint density at radius 3 is 2.70 bits per heavy atom. The zero-order valence-corrected chi connectivity index (χ0v) is 13.7. The van der Waals surface area contributed by atoms with Crippen LogP contribution in [0.4, 0.5) is 0 Å². The molecule has 4 nitrogen and oxygen atoms in total. The molecule has 0 saturated carbocycles. The molecule has 1 aliphatic rings. The van der Waals surface area contributed by atoms with Gasteiger partial charge < -0.3 is 10.3 Å². The van der Waals surface area contributed by atoms with Crippen LogP contribution in [0.15, 0.2) is 35.3 Å². The number of aromatic amines is 1. The molecule has 1 atom stereocenters. The van der Waals surface area contributed by atoms with Crippen LogP contribution in [-0.4, -0.2) is 10.9 Å². The fourth-order valence-electron chi connectivity index (χ4n) is 2.97. The summed E-state index contributed by atoms with van der Waals surface area (Å²) in [5.74, 6) is -0.256. The molecule has 23 heavy (non-hydrogen) atoms. The maximum absolute atomic E-state index is 12.3. The molecule has 1 aliphatic carbocycles. The Balaban J connectivity index is 1.75. The second-order valence-corrected chi connectivity index (χ2v) is 6.40. The summed E-state index contributed by atoms with van der Waals surface area (Å²) in [5.41, 5.74) is 3.85. The number of fused-ring (bicyclic) bond motifs is 1. The van der Waals surface area contributed by atoms with Crippen LogP contribution in [0, 0.1) is 0 Å². The lowest BCUT2D eigenvalue weighted by molar-refractivity contribution is 0.0939. The van der Waals surface area contributed by atoms with E-state index < -0.39 is 5.56 Å². The van der Waals surface area contributed by atoms with Crippen molar-refractivity contribution in [1.82, 2.24) is 10.3 Å². The van der Waals surface area contributed by atoms with Gasteiger partial charge in [0, 0.05) is 6.20 Å². The summed E-state index contributed by atoms with van der Waals surface area (Å²) in [6.07, 6.45) is 6.12. The second kappa shape index (κ2) is 6.59. The molecule has 0 fully saturated rings. The molecule has 1 unspecified atom stereocenters. The first-order chi connectivity index (χ1) is 11.0. The first kappa shape index (κ1) is 15.8. The van der Waals surface area contributed by atoms with Crippen molar-refractivity contribution < 1.29 is 4.79 Å². The van der Waals surface area contributed by atoms with Crippen LogP contribution in [0.3, 0.4) is 0 Å². The smallest absolute Gasteiger partial charge is 0.266 e. The van der Waals surface area contributed by atoms with Crippen molar-refractivity contribution in [3.63, 3.8) is 0 Å². The van der Waals surface area contributed by atoms with Crippen molar-refractivity contribution in [3.05, 3.63) is 68.1 Å². The van der Waals surface area contributed by atoms with E-state index in [9.17, 15) is 9.59 Å². The van der Waals surface area contributed by atoms with Crippen molar-refractivity contribution in [2.45, 2.75) is 38.6 Å². The number of nitrogens with one attached hydrogen (secondary N) is 2. The molecule has 0 spiro atoms. The van der Waals surface area contributed by atoms with E-state index in [0.29, 0.717) is 5.56 Å². The molecule has 5 heteroatoms. The third-order valence-corrected chi connectivity index (χ3v) is 4.62. The second-order valence-electron chi connectivity index (χ2n) is 6.00. The summed E-state index contributed by atoms with van der Waals surface area (Å²) in [6, 6.07) is 7.72. The van der Waals surface area contributed by atoms with Crippen LogP contribution in [0.2, 0.25) is 5.02 Å². The molecule has 2 aromatic rings. The number of carbonyl (C=O) groups excluding carboxylic acids is 1. The van der Waals surface area contributed by atoms with Gasteiger partial charge >= 0.3 is 0 Å². The van der Waals surface area contributed by atoms with Gasteiger partial charge in [-0.15, -0.1) is 0 Å². The molecule has 1 heterocycles. The van der Waals surface area contributed by atoms with Crippen LogP contribution < -0.4 is 10.9 Å². The van der Waals surface area contributed by atoms with E-state index in [4.69, 9.17) is 11.6 Å². The van der Waals surface area contributed by atoms with Crippen molar-refractivity contribution in [1.29, 1.82) is 0 Å². The summed E-state index contributed by atoms with van der Waals surface area (Å²) in [7, 11) is 0. The minimum absolute atomic E-state index is 0.0130. The number of hydrogen-bond acceptors (Lipinski definition) is 2. The SMILES string of the molecule is CC(NC(=O)c1c[nH]c(=O)c(Cl)c1)c1ccc2c(c1)CCCC2. The molecule has 0 radical (unpaired) electrons. The summed E-state index contributed by atoms with van der Waals surface area (Å²) in [5, 5.41) is 2.96. The number of pyridine rings is 1. The highest BCUT2D eigenvalue weighted by Gasteiger charge is 2.15. The highest BCUT2D eigenvalue weighted by Crippen LogP contribution is 2.24. The van der Waals surface area contributed by atoms with E-state index in [-0.39, 0.29) is 17.0 Å². The zero-order valence-electron chi connectivity index (χ0n) is 13.0. The van der Waals surface area contributed by atoms with Crippen LogP contribution in [0.1, 0.15) is 52.9 Å². The summed E-state index contributed by atoms with van der Waals surface area (Å²) in [4.78, 5) is 26.0. The van der Waals surface area contributed by atoms with E-state index >= 15 is 0 Å². The third kappa shape index (κ3) is 3.48. The number of benzene rings is 1. The van der Waals surface area contributed by atoms with Gasteiger partial charge in [0.05, 0.1) is 11.6 Å². The topological polar surface area (TPSA) is 62.0 Å². The summed E-state index contributed by atoms with van der Waals surface area (Å²) in [6.45, 7) is 1.95. The molecule has 1 aromatic heterocycles. The van der Waals surface area contributed by atoms with Gasteiger partial charge in [-0.3, -0.25) is 9.59 Å². The van der Waals surface area contributed by atoms with Gasteiger partial charge in [0.2, 0.25) is 0 Å². The Morgan fingerprint density at radius 2 is 1.96 bits per heavy atom. The van der Waals surface area contributed by atoms with Gasteiger partial charge in [-0.2, -0.15) is 0 Å². The number of hydrogen-bond donors (Lipinski definition) is 2. The molecule has 0 bridgehead atoms.